The number of hydrogen-bond acceptors (Lipinski definition) is 14. The van der Waals surface area contributed by atoms with Crippen LogP contribution >= 0.6 is 7.82 Å². The third kappa shape index (κ3) is 18.9. The lowest BCUT2D eigenvalue weighted by Gasteiger charge is -2.26. The molecule has 0 aliphatic carbocycles. The fourth-order valence-electron chi connectivity index (χ4n) is 6.53. The van der Waals surface area contributed by atoms with E-state index < -0.39 is 54.5 Å². The first-order valence-electron chi connectivity index (χ1n) is 20.6. The van der Waals surface area contributed by atoms with Crippen molar-refractivity contribution in [2.45, 2.75) is 146 Å². The van der Waals surface area contributed by atoms with Crippen molar-refractivity contribution in [3.05, 3.63) is 53.7 Å². The summed E-state index contributed by atoms with van der Waals surface area (Å²) < 4.78 is 79.3. The molecule has 0 aliphatic heterocycles. The molecule has 0 saturated heterocycles. The molecule has 5 N–H and O–H groups in total. The molecule has 0 saturated carbocycles. The van der Waals surface area contributed by atoms with Gasteiger partial charge in [-0.3, -0.25) is 9.05 Å². The predicted octanol–water partition coefficient (Wildman–Crippen LogP) is 7.11. The van der Waals surface area contributed by atoms with Crippen LogP contribution in [0.4, 0.5) is 10.2 Å². The summed E-state index contributed by atoms with van der Waals surface area (Å²) in [6, 6.07) is 6.19. The molecule has 3 aromatic rings. The Balaban J connectivity index is 1.48. The summed E-state index contributed by atoms with van der Waals surface area (Å²) in [6.07, 6.45) is 16.7. The summed E-state index contributed by atoms with van der Waals surface area (Å²) in [7, 11) is -8.67. The highest BCUT2D eigenvalue weighted by atomic mass is 32.2. The van der Waals surface area contributed by atoms with E-state index in [-0.39, 0.29) is 41.8 Å². The molecule has 5 atom stereocenters. The van der Waals surface area contributed by atoms with Gasteiger partial charge in [0, 0.05) is 12.9 Å². The van der Waals surface area contributed by atoms with E-state index in [1.165, 1.54) is 106 Å². The monoisotopic (exact) mass is 871 g/mol. The van der Waals surface area contributed by atoms with Gasteiger partial charge in [0.2, 0.25) is 0 Å². The highest BCUT2D eigenvalue weighted by molar-refractivity contribution is 7.90. The van der Waals surface area contributed by atoms with Gasteiger partial charge in [-0.25, -0.2) is 26.9 Å². The minimum atomic E-state index is -4.97. The number of benzene rings is 1. The molecule has 0 aliphatic rings. The lowest BCUT2D eigenvalue weighted by Crippen LogP contribution is -2.37. The van der Waals surface area contributed by atoms with Crippen LogP contribution in [-0.4, -0.2) is 89.1 Å². The standard InChI is InChI=1S/C40H63FN5O11PS/c1-3-4-5-6-7-8-9-10-11-12-13-14-15-16-17-18-21-53-26-33(27-54-25-31-22-32(41)24-34(23-31)59(2,51)52)57-58(49,50)56-28-37(55-29-42)39(48)38(47)35-19-20-36-40(43)44-30-45-46(35)36/h19-20,22-24,30,33,37-39,47-48H,3-18,21,25-28H2,1-2H3,(H,49,50)(H2,43,44,45)/t33-,37-,38+,39-/m1/s1. The number of nitrogens with zero attached hydrogens (tertiary/aromatic N) is 4. The Bertz CT molecular complexity index is 1870. The number of ether oxygens (including phenoxy) is 3. The summed E-state index contributed by atoms with van der Waals surface area (Å²) in [5, 5.41) is 35.1. The molecule has 2 heterocycles. The van der Waals surface area contributed by atoms with Gasteiger partial charge in [0.25, 0.3) is 6.26 Å². The van der Waals surface area contributed by atoms with Crippen LogP contribution in [0.15, 0.2) is 41.6 Å². The van der Waals surface area contributed by atoms with E-state index in [1.54, 1.807) is 0 Å². The first-order chi connectivity index (χ1) is 28.3. The number of halogens is 1. The van der Waals surface area contributed by atoms with Crippen molar-refractivity contribution in [2.24, 2.45) is 0 Å². The molecule has 2 aromatic heterocycles. The molecule has 0 amide bonds. The minimum Gasteiger partial charge on any atom is -0.419 e. The Labute approximate surface area is 347 Å². The van der Waals surface area contributed by atoms with Gasteiger partial charge in [-0.15, -0.1) is 0 Å². The Hall–Kier alpha value is -3.24. The second-order valence-corrected chi connectivity index (χ2v) is 18.3. The number of nitrogen functional groups attached to an aromatic ring is 1. The first-order valence-corrected chi connectivity index (χ1v) is 23.9. The number of phosphoric acid groups is 1. The molecule has 3 rings (SSSR count). The van der Waals surface area contributed by atoms with Crippen molar-refractivity contribution in [1.29, 1.82) is 5.26 Å². The molecule has 19 heteroatoms. The molecule has 0 bridgehead atoms. The van der Waals surface area contributed by atoms with E-state index in [9.17, 15) is 37.7 Å². The second-order valence-electron chi connectivity index (χ2n) is 14.8. The molecule has 1 aromatic carbocycles. The molecular weight excluding hydrogens is 809 g/mol. The van der Waals surface area contributed by atoms with Crippen molar-refractivity contribution in [1.82, 2.24) is 14.6 Å². The second kappa shape index (κ2) is 26.9. The molecule has 1 unspecified atom stereocenters. The van der Waals surface area contributed by atoms with Gasteiger partial charge in [-0.2, -0.15) is 10.4 Å². The van der Waals surface area contributed by atoms with Crippen LogP contribution in [0.1, 0.15) is 127 Å². The molecule has 0 fully saturated rings. The smallest absolute Gasteiger partial charge is 0.419 e. The average Bonchev–Trinajstić information content (AvgIpc) is 3.63. The normalized spacial score (nSPS) is 15.1. The summed E-state index contributed by atoms with van der Waals surface area (Å²) >= 11 is 0. The van der Waals surface area contributed by atoms with Crippen molar-refractivity contribution < 1.29 is 55.7 Å². The van der Waals surface area contributed by atoms with Crippen molar-refractivity contribution in [3.8, 4) is 6.26 Å². The van der Waals surface area contributed by atoms with Gasteiger partial charge in [-0.05, 0) is 42.3 Å². The number of anilines is 1. The van der Waals surface area contributed by atoms with E-state index in [1.807, 2.05) is 0 Å². The summed E-state index contributed by atoms with van der Waals surface area (Å²) in [4.78, 5) is 14.3. The highest BCUT2D eigenvalue weighted by Gasteiger charge is 2.35. The van der Waals surface area contributed by atoms with E-state index in [4.69, 9.17) is 29.0 Å². The van der Waals surface area contributed by atoms with Crippen LogP contribution in [0.2, 0.25) is 0 Å². The predicted molar refractivity (Wildman–Crippen MR) is 219 cm³/mol. The average molecular weight is 872 g/mol. The van der Waals surface area contributed by atoms with Crippen LogP contribution in [0, 0.1) is 17.3 Å². The van der Waals surface area contributed by atoms with Gasteiger partial charge >= 0.3 is 7.82 Å². The van der Waals surface area contributed by atoms with Crippen molar-refractivity contribution >= 4 is 29.0 Å². The van der Waals surface area contributed by atoms with Crippen LogP contribution in [0.25, 0.3) is 5.52 Å². The van der Waals surface area contributed by atoms with Crippen LogP contribution in [0.5, 0.6) is 0 Å². The highest BCUT2D eigenvalue weighted by Crippen LogP contribution is 2.45. The Kier molecular flexibility index (Phi) is 22.8. The van der Waals surface area contributed by atoms with Gasteiger partial charge in [0.1, 0.15) is 36.0 Å². The summed E-state index contributed by atoms with van der Waals surface area (Å²) in [6.45, 7) is 0.905. The van der Waals surface area contributed by atoms with Gasteiger partial charge in [-0.1, -0.05) is 103 Å². The lowest BCUT2D eigenvalue weighted by molar-refractivity contribution is -0.0827. The van der Waals surface area contributed by atoms with Crippen LogP contribution in [0.3, 0.4) is 0 Å². The molecule has 0 radical (unpaired) electrons. The molecular formula is C40H63FN5O11PS. The maximum Gasteiger partial charge on any atom is 0.472 e. The Morgan fingerprint density at radius 3 is 2.08 bits per heavy atom. The third-order valence-electron chi connectivity index (χ3n) is 9.78. The summed E-state index contributed by atoms with van der Waals surface area (Å²) in [5.41, 5.74) is 6.46. The number of hydrogen-bond donors (Lipinski definition) is 4. The fraction of sp³-hybridized carbons (Fsp3) is 0.675. The SMILES string of the molecule is CCCCCCCCCCCCCCCCCCOC[C@H](COCc1cc(F)cc(S(C)(=O)=O)c1)OP(=O)(O)OC[C@@H](OC#N)[C@@H](O)[C@@H](O)c1ccc2c(N)ncnn12. The van der Waals surface area contributed by atoms with Gasteiger partial charge < -0.3 is 35.1 Å². The molecule has 59 heavy (non-hydrogen) atoms. The summed E-state index contributed by atoms with van der Waals surface area (Å²) in [5.74, 6) is -0.666. The minimum absolute atomic E-state index is 0.0669. The van der Waals surface area contributed by atoms with E-state index in [2.05, 4.69) is 17.0 Å². The van der Waals surface area contributed by atoms with Gasteiger partial charge in [0.05, 0.1) is 37.0 Å². The molecule has 16 nitrogen and oxygen atoms in total. The first kappa shape index (κ1) is 50.1. The number of nitrogens with two attached hydrogens (primary N) is 1. The quantitative estimate of drug-likeness (QED) is 0.0271. The maximum atomic E-state index is 14.2. The van der Waals surface area contributed by atoms with Crippen molar-refractivity contribution in [3.63, 3.8) is 0 Å². The molecule has 332 valence electrons. The Morgan fingerprint density at radius 2 is 1.49 bits per heavy atom. The largest absolute Gasteiger partial charge is 0.472 e. The number of aliphatic hydroxyl groups excluding tert-OH is 2. The zero-order valence-corrected chi connectivity index (χ0v) is 36.0. The number of aliphatic hydroxyl groups is 2. The molecule has 0 spiro atoms. The van der Waals surface area contributed by atoms with Crippen LogP contribution in [-0.2, 0) is 44.3 Å². The number of aromatic nitrogens is 3. The fourth-order valence-corrected chi connectivity index (χ4v) is 8.12. The number of sulfone groups is 1. The number of unbranched alkanes of at least 4 members (excludes halogenated alkanes) is 15. The number of fused-ring (bicyclic) bond motifs is 1. The lowest BCUT2D eigenvalue weighted by atomic mass is 10.0. The number of phosphoric ester groups is 1. The Morgan fingerprint density at radius 1 is 0.898 bits per heavy atom. The third-order valence-corrected chi connectivity index (χ3v) is 11.9. The maximum absolute atomic E-state index is 14.2. The zero-order valence-electron chi connectivity index (χ0n) is 34.3. The topological polar surface area (TPSA) is 238 Å². The van der Waals surface area contributed by atoms with E-state index in [0.717, 1.165) is 50.4 Å². The van der Waals surface area contributed by atoms with E-state index >= 15 is 0 Å². The van der Waals surface area contributed by atoms with Crippen LogP contribution < -0.4 is 5.73 Å². The number of rotatable bonds is 33. The van der Waals surface area contributed by atoms with Crippen molar-refractivity contribution in [2.75, 3.05) is 38.4 Å². The van der Waals surface area contributed by atoms with Gasteiger partial charge in [0.15, 0.2) is 21.8 Å². The zero-order chi connectivity index (χ0) is 43.1. The van der Waals surface area contributed by atoms with E-state index in [0.29, 0.717) is 12.1 Å². The number of nitriles is 1.